The minimum Gasteiger partial charge on any atom is -0.380 e. The molecule has 0 aliphatic carbocycles. The number of fused-ring (bicyclic) bond motifs is 1. The summed E-state index contributed by atoms with van der Waals surface area (Å²) in [6.07, 6.45) is 5.57. The molecule has 90 valence electrons. The van der Waals surface area contributed by atoms with Crippen LogP contribution in [0.2, 0.25) is 0 Å². The number of rotatable bonds is 3. The van der Waals surface area contributed by atoms with Crippen molar-refractivity contribution < 1.29 is 0 Å². The molecule has 0 saturated carbocycles. The van der Waals surface area contributed by atoms with Gasteiger partial charge in [-0.3, -0.25) is 0 Å². The van der Waals surface area contributed by atoms with Crippen molar-refractivity contribution in [3.63, 3.8) is 0 Å². The highest BCUT2D eigenvalue weighted by Gasteiger charge is 2.03. The van der Waals surface area contributed by atoms with Crippen molar-refractivity contribution in [2.24, 2.45) is 0 Å². The van der Waals surface area contributed by atoms with E-state index in [-0.39, 0.29) is 0 Å². The molecular formula is C13H11BrN4. The zero-order chi connectivity index (χ0) is 12.4. The second-order valence-electron chi connectivity index (χ2n) is 3.94. The molecule has 0 unspecified atom stereocenters. The molecule has 0 fully saturated rings. The Morgan fingerprint density at radius 3 is 3.00 bits per heavy atom. The molecule has 0 saturated heterocycles. The number of anilines is 1. The normalized spacial score (nSPS) is 10.7. The van der Waals surface area contributed by atoms with E-state index < -0.39 is 0 Å². The first kappa shape index (κ1) is 11.2. The maximum atomic E-state index is 4.27. The van der Waals surface area contributed by atoms with Gasteiger partial charge in [0.25, 0.3) is 0 Å². The van der Waals surface area contributed by atoms with Crippen LogP contribution in [0, 0.1) is 0 Å². The number of pyridine rings is 2. The average Bonchev–Trinajstić information content (AvgIpc) is 2.82. The molecule has 0 aromatic carbocycles. The molecule has 0 bridgehead atoms. The van der Waals surface area contributed by atoms with E-state index in [2.05, 4.69) is 42.3 Å². The third-order valence-corrected chi connectivity index (χ3v) is 3.22. The van der Waals surface area contributed by atoms with E-state index in [1.54, 1.807) is 12.4 Å². The Morgan fingerprint density at radius 2 is 2.17 bits per heavy atom. The van der Waals surface area contributed by atoms with Gasteiger partial charge < -0.3 is 10.3 Å². The van der Waals surface area contributed by atoms with Crippen LogP contribution in [0.4, 0.5) is 5.69 Å². The fourth-order valence-corrected chi connectivity index (χ4v) is 2.07. The molecule has 18 heavy (non-hydrogen) atoms. The Balaban J connectivity index is 1.79. The summed E-state index contributed by atoms with van der Waals surface area (Å²) >= 11 is 3.32. The van der Waals surface area contributed by atoms with Gasteiger partial charge in [0.1, 0.15) is 10.3 Å². The summed E-state index contributed by atoms with van der Waals surface area (Å²) in [5.74, 6) is 0. The van der Waals surface area contributed by atoms with Crippen LogP contribution in [0.1, 0.15) is 5.56 Å². The quantitative estimate of drug-likeness (QED) is 0.730. The van der Waals surface area contributed by atoms with Crippen LogP contribution in [-0.4, -0.2) is 15.0 Å². The molecule has 0 aliphatic rings. The zero-order valence-electron chi connectivity index (χ0n) is 9.52. The molecule has 0 spiro atoms. The summed E-state index contributed by atoms with van der Waals surface area (Å²) in [6, 6.07) is 7.92. The van der Waals surface area contributed by atoms with Crippen molar-refractivity contribution in [1.29, 1.82) is 0 Å². The van der Waals surface area contributed by atoms with Crippen LogP contribution in [0.5, 0.6) is 0 Å². The summed E-state index contributed by atoms with van der Waals surface area (Å²) < 4.78 is 0.837. The first-order valence-electron chi connectivity index (χ1n) is 5.59. The maximum Gasteiger partial charge on any atom is 0.137 e. The Labute approximate surface area is 113 Å². The van der Waals surface area contributed by atoms with Crippen molar-refractivity contribution in [1.82, 2.24) is 15.0 Å². The van der Waals surface area contributed by atoms with Crippen LogP contribution in [0.3, 0.4) is 0 Å². The van der Waals surface area contributed by atoms with E-state index in [0.29, 0.717) is 0 Å². The summed E-state index contributed by atoms with van der Waals surface area (Å²) in [5.41, 5.74) is 3.11. The summed E-state index contributed by atoms with van der Waals surface area (Å²) in [6.45, 7) is 0.745. The monoisotopic (exact) mass is 302 g/mol. The molecule has 0 radical (unpaired) electrons. The highest BCUT2D eigenvalue weighted by molar-refractivity contribution is 9.10. The zero-order valence-corrected chi connectivity index (χ0v) is 11.1. The Morgan fingerprint density at radius 1 is 1.22 bits per heavy atom. The van der Waals surface area contributed by atoms with Crippen LogP contribution in [-0.2, 0) is 6.54 Å². The lowest BCUT2D eigenvalue weighted by Gasteiger charge is -2.04. The number of hydrogen-bond acceptors (Lipinski definition) is 3. The van der Waals surface area contributed by atoms with Crippen molar-refractivity contribution in [2.45, 2.75) is 6.54 Å². The number of aromatic amines is 1. The summed E-state index contributed by atoms with van der Waals surface area (Å²) in [5, 5.41) is 4.48. The van der Waals surface area contributed by atoms with Gasteiger partial charge >= 0.3 is 0 Å². The van der Waals surface area contributed by atoms with Gasteiger partial charge in [0, 0.05) is 24.3 Å². The van der Waals surface area contributed by atoms with Crippen molar-refractivity contribution in [3.05, 3.63) is 53.0 Å². The first-order chi connectivity index (χ1) is 8.83. The third-order valence-electron chi connectivity index (χ3n) is 2.75. The van der Waals surface area contributed by atoms with Gasteiger partial charge in [0.05, 0.1) is 11.9 Å². The topological polar surface area (TPSA) is 53.6 Å². The third kappa shape index (κ3) is 2.22. The summed E-state index contributed by atoms with van der Waals surface area (Å²) in [7, 11) is 0. The molecule has 2 N–H and O–H groups in total. The van der Waals surface area contributed by atoms with Crippen molar-refractivity contribution in [2.75, 3.05) is 5.32 Å². The minimum absolute atomic E-state index is 0.745. The highest BCUT2D eigenvalue weighted by Crippen LogP contribution is 2.17. The largest absolute Gasteiger partial charge is 0.380 e. The van der Waals surface area contributed by atoms with E-state index in [1.807, 2.05) is 24.4 Å². The Kier molecular flexibility index (Phi) is 2.98. The molecule has 0 amide bonds. The van der Waals surface area contributed by atoms with E-state index in [9.17, 15) is 0 Å². The van der Waals surface area contributed by atoms with E-state index in [1.165, 1.54) is 5.56 Å². The lowest BCUT2D eigenvalue weighted by molar-refractivity contribution is 1.14. The number of halogens is 1. The SMILES string of the molecule is Brc1ccc(NCc2c[nH]c3ncccc23)cn1. The van der Waals surface area contributed by atoms with Gasteiger partial charge in [-0.15, -0.1) is 0 Å². The minimum atomic E-state index is 0.745. The van der Waals surface area contributed by atoms with E-state index >= 15 is 0 Å². The Bertz CT molecular complexity index is 660. The second-order valence-corrected chi connectivity index (χ2v) is 4.75. The van der Waals surface area contributed by atoms with E-state index in [0.717, 1.165) is 27.9 Å². The van der Waals surface area contributed by atoms with Gasteiger partial charge in [-0.05, 0) is 45.8 Å². The Hall–Kier alpha value is -1.88. The predicted molar refractivity (Wildman–Crippen MR) is 75.4 cm³/mol. The van der Waals surface area contributed by atoms with Gasteiger partial charge in [-0.1, -0.05) is 0 Å². The van der Waals surface area contributed by atoms with Gasteiger partial charge in [-0.25, -0.2) is 9.97 Å². The molecule has 4 nitrogen and oxygen atoms in total. The number of aromatic nitrogens is 3. The molecule has 0 atom stereocenters. The van der Waals surface area contributed by atoms with Gasteiger partial charge in [0.15, 0.2) is 0 Å². The molecule has 3 aromatic heterocycles. The number of hydrogen-bond donors (Lipinski definition) is 2. The lowest BCUT2D eigenvalue weighted by atomic mass is 10.2. The van der Waals surface area contributed by atoms with Crippen LogP contribution in [0.15, 0.2) is 47.5 Å². The lowest BCUT2D eigenvalue weighted by Crippen LogP contribution is -1.98. The molecule has 5 heteroatoms. The second kappa shape index (κ2) is 4.78. The standard InChI is InChI=1S/C13H11BrN4/c14-12-4-3-10(8-17-12)16-6-9-7-18-13-11(9)2-1-5-15-13/h1-5,7-8,16H,6H2,(H,15,18). The van der Waals surface area contributed by atoms with Crippen molar-refractivity contribution in [3.8, 4) is 0 Å². The maximum absolute atomic E-state index is 4.27. The smallest absolute Gasteiger partial charge is 0.137 e. The molecule has 3 heterocycles. The predicted octanol–water partition coefficient (Wildman–Crippen LogP) is 3.33. The first-order valence-corrected chi connectivity index (χ1v) is 6.38. The molecular weight excluding hydrogens is 292 g/mol. The van der Waals surface area contributed by atoms with Crippen LogP contribution in [0.25, 0.3) is 11.0 Å². The van der Waals surface area contributed by atoms with Gasteiger partial charge in [0.2, 0.25) is 0 Å². The fourth-order valence-electron chi connectivity index (χ4n) is 1.84. The number of nitrogens with one attached hydrogen (secondary N) is 2. The van der Waals surface area contributed by atoms with Crippen molar-refractivity contribution >= 4 is 32.7 Å². The van der Waals surface area contributed by atoms with Crippen LogP contribution >= 0.6 is 15.9 Å². The average molecular weight is 303 g/mol. The fraction of sp³-hybridized carbons (Fsp3) is 0.0769. The van der Waals surface area contributed by atoms with E-state index in [4.69, 9.17) is 0 Å². The number of nitrogens with zero attached hydrogens (tertiary/aromatic N) is 2. The highest BCUT2D eigenvalue weighted by atomic mass is 79.9. The number of H-pyrrole nitrogens is 1. The molecule has 3 rings (SSSR count). The summed E-state index contributed by atoms with van der Waals surface area (Å²) in [4.78, 5) is 11.6. The van der Waals surface area contributed by atoms with Crippen LogP contribution < -0.4 is 5.32 Å². The van der Waals surface area contributed by atoms with Gasteiger partial charge in [-0.2, -0.15) is 0 Å². The molecule has 3 aromatic rings. The molecule has 0 aliphatic heterocycles.